The molecule has 3 aliphatic heterocycles. The van der Waals surface area contributed by atoms with Crippen LogP contribution in [0.5, 0.6) is 0 Å². The predicted molar refractivity (Wildman–Crippen MR) is 177 cm³/mol. The highest BCUT2D eigenvalue weighted by Gasteiger charge is 2.62. The first-order valence-corrected chi connectivity index (χ1v) is 18.3. The fraction of sp³-hybridized carbons (Fsp3) is 0.559. The van der Waals surface area contributed by atoms with Crippen LogP contribution in [0.4, 0.5) is 9.59 Å². The molecule has 0 spiro atoms. The highest BCUT2D eigenvalue weighted by atomic mass is 32.2. The summed E-state index contributed by atoms with van der Waals surface area (Å²) < 4.78 is 38.6. The number of benzene rings is 1. The van der Waals surface area contributed by atoms with Crippen LogP contribution < -0.4 is 15.4 Å². The van der Waals surface area contributed by atoms with Crippen molar-refractivity contribution in [2.45, 2.75) is 94.4 Å². The average Bonchev–Trinajstić information content (AvgIpc) is 3.95. The largest absolute Gasteiger partial charge is 0.450 e. The number of carbonyl (C=O) groups is 5. The first kappa shape index (κ1) is 34.5. The topological polar surface area (TPSA) is 181 Å². The summed E-state index contributed by atoms with van der Waals surface area (Å²) in [5, 5.41) is 4.71. The molecular formula is C34H43N5O9S. The van der Waals surface area contributed by atoms with E-state index in [1.165, 1.54) is 11.0 Å². The highest BCUT2D eigenvalue weighted by molar-refractivity contribution is 7.91. The summed E-state index contributed by atoms with van der Waals surface area (Å²) in [5.41, 5.74) is 1.39. The molecule has 3 N–H and O–H groups in total. The number of hydrogen-bond acceptors (Lipinski definition) is 9. The lowest BCUT2D eigenvalue weighted by Crippen LogP contribution is -2.59. The minimum absolute atomic E-state index is 0.0792. The first-order valence-electron chi connectivity index (χ1n) is 16.8. The Morgan fingerprint density at radius 2 is 1.94 bits per heavy atom. The Kier molecular flexibility index (Phi) is 9.48. The van der Waals surface area contributed by atoms with Crippen LogP contribution in [0.2, 0.25) is 0 Å². The van der Waals surface area contributed by atoms with Crippen molar-refractivity contribution in [1.82, 2.24) is 25.2 Å². The standard InChI is InChI=1S/C34H43N5O9S/c1-4-23-16-34(23,31(42)37-49(45,46)25-12-13-25)36-29(40)27-15-24-18-39(27)30(41)28(20(2)3)35-32(43)47-14-7-5-6-9-21-10-8-11-22-17-38(19-26(21)22)33(44)48-24/h4,6,8-11,20,23-25,27-28H,1,5,7,12-19H2,2-3H3,(H,35,43)(H,36,40)(H,37,42)/b9-6+/t23-,24-,27+,28+,34-/m1/s1. The van der Waals surface area contributed by atoms with Crippen LogP contribution in [0.3, 0.4) is 0 Å². The molecule has 5 amide bonds. The second kappa shape index (κ2) is 13.5. The molecule has 3 heterocycles. The second-order valence-electron chi connectivity index (χ2n) is 13.8. The Morgan fingerprint density at radius 3 is 2.63 bits per heavy atom. The maximum atomic E-state index is 14.1. The highest BCUT2D eigenvalue weighted by Crippen LogP contribution is 2.45. The molecule has 0 unspecified atom stereocenters. The SMILES string of the molecule is C=C[C@@H]1C[C@]1(NC(=O)[C@@H]1C[C@@H]2CN1C(=O)[C@H](C(C)C)NC(=O)OCCC/C=C/c1cccc3c1CN(C3)C(=O)O2)C(=O)NS(=O)(=O)C1CC1. The number of hydrogen-bond donors (Lipinski definition) is 3. The number of nitrogens with one attached hydrogen (secondary N) is 3. The van der Waals surface area contributed by atoms with Gasteiger partial charge in [-0.3, -0.25) is 24.0 Å². The lowest BCUT2D eigenvalue weighted by molar-refractivity contribution is -0.141. The summed E-state index contributed by atoms with van der Waals surface area (Å²) >= 11 is 0. The summed E-state index contributed by atoms with van der Waals surface area (Å²) in [4.78, 5) is 70.6. The summed E-state index contributed by atoms with van der Waals surface area (Å²) in [6.45, 7) is 7.87. The van der Waals surface area contributed by atoms with Crippen LogP contribution in [-0.4, -0.2) is 90.3 Å². The number of alkyl carbamates (subject to hydrolysis) is 1. The number of fused-ring (bicyclic) bond motifs is 3. The van der Waals surface area contributed by atoms with Crippen molar-refractivity contribution >= 4 is 46.0 Å². The van der Waals surface area contributed by atoms with E-state index in [2.05, 4.69) is 21.9 Å². The average molecular weight is 698 g/mol. The van der Waals surface area contributed by atoms with E-state index in [9.17, 15) is 32.4 Å². The van der Waals surface area contributed by atoms with Gasteiger partial charge in [0.05, 0.1) is 24.9 Å². The number of carbonyl (C=O) groups excluding carboxylic acids is 5. The summed E-state index contributed by atoms with van der Waals surface area (Å²) in [6.07, 6.45) is 5.33. The molecule has 2 saturated carbocycles. The van der Waals surface area contributed by atoms with Gasteiger partial charge in [0.15, 0.2) is 0 Å². The monoisotopic (exact) mass is 697 g/mol. The molecule has 3 fully saturated rings. The molecule has 5 atom stereocenters. The van der Waals surface area contributed by atoms with Gasteiger partial charge in [0.1, 0.15) is 23.7 Å². The number of nitrogens with zero attached hydrogens (tertiary/aromatic N) is 2. The number of allylic oxidation sites excluding steroid dienone is 1. The van der Waals surface area contributed by atoms with Gasteiger partial charge in [-0.2, -0.15) is 0 Å². The van der Waals surface area contributed by atoms with Crippen molar-refractivity contribution in [2.24, 2.45) is 11.8 Å². The van der Waals surface area contributed by atoms with E-state index in [1.807, 2.05) is 30.4 Å². The molecule has 49 heavy (non-hydrogen) atoms. The zero-order chi connectivity index (χ0) is 35.1. The van der Waals surface area contributed by atoms with E-state index in [1.54, 1.807) is 18.7 Å². The third-order valence-corrected chi connectivity index (χ3v) is 11.7. The number of ether oxygens (including phenoxy) is 2. The van der Waals surface area contributed by atoms with Gasteiger partial charge in [-0.1, -0.05) is 50.3 Å². The van der Waals surface area contributed by atoms with Crippen LogP contribution in [0.1, 0.15) is 69.1 Å². The minimum atomic E-state index is -3.90. The molecule has 1 aromatic carbocycles. The van der Waals surface area contributed by atoms with Crippen LogP contribution in [0.15, 0.2) is 36.9 Å². The Hall–Kier alpha value is -4.40. The van der Waals surface area contributed by atoms with Crippen molar-refractivity contribution < 1.29 is 41.9 Å². The van der Waals surface area contributed by atoms with Crippen molar-refractivity contribution in [3.05, 3.63) is 53.6 Å². The van der Waals surface area contributed by atoms with Crippen LogP contribution in [-0.2, 0) is 47.0 Å². The fourth-order valence-corrected chi connectivity index (χ4v) is 8.15. The second-order valence-corrected chi connectivity index (χ2v) is 15.8. The summed E-state index contributed by atoms with van der Waals surface area (Å²) in [5.74, 6) is -3.11. The molecule has 264 valence electrons. The molecule has 5 aliphatic rings. The third-order valence-electron chi connectivity index (χ3n) is 9.89. The van der Waals surface area contributed by atoms with Crippen LogP contribution in [0.25, 0.3) is 6.08 Å². The minimum Gasteiger partial charge on any atom is -0.450 e. The van der Waals surface area contributed by atoms with Crippen LogP contribution in [0, 0.1) is 11.8 Å². The van der Waals surface area contributed by atoms with Crippen molar-refractivity contribution in [3.8, 4) is 0 Å². The fourth-order valence-electron chi connectivity index (χ4n) is 6.78. The van der Waals surface area contributed by atoms with E-state index in [0.29, 0.717) is 38.8 Å². The Balaban J connectivity index is 1.26. The van der Waals surface area contributed by atoms with Crippen molar-refractivity contribution in [3.63, 3.8) is 0 Å². The van der Waals surface area contributed by atoms with Crippen molar-refractivity contribution in [1.29, 1.82) is 0 Å². The molecular weight excluding hydrogens is 654 g/mol. The number of rotatable bonds is 7. The summed E-state index contributed by atoms with van der Waals surface area (Å²) in [6, 6.07) is 3.58. The molecule has 15 heteroatoms. The predicted octanol–water partition coefficient (Wildman–Crippen LogP) is 2.34. The van der Waals surface area contributed by atoms with E-state index < -0.39 is 80.7 Å². The van der Waals surface area contributed by atoms with Gasteiger partial charge in [0.25, 0.3) is 5.91 Å². The van der Waals surface area contributed by atoms with Crippen LogP contribution >= 0.6 is 0 Å². The third kappa shape index (κ3) is 7.17. The van der Waals surface area contributed by atoms with E-state index >= 15 is 0 Å². The number of sulfonamides is 1. The Bertz CT molecular complexity index is 1690. The lowest BCUT2D eigenvalue weighted by atomic mass is 10.0. The van der Waals surface area contributed by atoms with Gasteiger partial charge in [-0.05, 0) is 54.7 Å². The first-order chi connectivity index (χ1) is 23.3. The van der Waals surface area contributed by atoms with Crippen molar-refractivity contribution in [2.75, 3.05) is 13.2 Å². The molecule has 0 radical (unpaired) electrons. The molecule has 2 aliphatic carbocycles. The molecule has 1 saturated heterocycles. The Labute approximate surface area is 285 Å². The molecule has 1 aromatic rings. The van der Waals surface area contributed by atoms with Gasteiger partial charge >= 0.3 is 12.2 Å². The van der Waals surface area contributed by atoms with Gasteiger partial charge in [-0.15, -0.1) is 6.58 Å². The number of cyclic esters (lactones) is 1. The Morgan fingerprint density at radius 1 is 1.16 bits per heavy atom. The maximum Gasteiger partial charge on any atom is 0.410 e. The molecule has 14 nitrogen and oxygen atoms in total. The summed E-state index contributed by atoms with van der Waals surface area (Å²) in [7, 11) is -3.90. The zero-order valence-electron chi connectivity index (χ0n) is 27.7. The van der Waals surface area contributed by atoms with Gasteiger partial charge in [-0.25, -0.2) is 18.0 Å². The van der Waals surface area contributed by atoms with Gasteiger partial charge in [0, 0.05) is 18.9 Å². The van der Waals surface area contributed by atoms with E-state index in [4.69, 9.17) is 9.47 Å². The normalized spacial score (nSPS) is 29.5. The molecule has 4 bridgehead atoms. The molecule has 0 aromatic heterocycles. The smallest absolute Gasteiger partial charge is 0.410 e. The maximum absolute atomic E-state index is 14.1. The molecule has 6 rings (SSSR count). The van der Waals surface area contributed by atoms with Gasteiger partial charge in [0.2, 0.25) is 21.8 Å². The quantitative estimate of drug-likeness (QED) is 0.361. The zero-order valence-corrected chi connectivity index (χ0v) is 28.5. The van der Waals surface area contributed by atoms with E-state index in [-0.39, 0.29) is 26.0 Å². The van der Waals surface area contributed by atoms with Gasteiger partial charge < -0.3 is 25.0 Å². The number of amides is 5. The van der Waals surface area contributed by atoms with E-state index in [0.717, 1.165) is 16.7 Å². The lowest BCUT2D eigenvalue weighted by Gasteiger charge is -2.31.